The Hall–Kier alpha value is -2.80. The molecule has 140 valence electrons. The van der Waals surface area contributed by atoms with Gasteiger partial charge in [-0.25, -0.2) is 9.07 Å². The fraction of sp³-hybridized carbons (Fsp3) is 0.350. The quantitative estimate of drug-likeness (QED) is 0.769. The number of halogens is 1. The van der Waals surface area contributed by atoms with E-state index in [2.05, 4.69) is 32.7 Å². The Labute approximate surface area is 157 Å². The van der Waals surface area contributed by atoms with Crippen LogP contribution in [0, 0.1) is 12.7 Å². The second kappa shape index (κ2) is 7.44. The summed E-state index contributed by atoms with van der Waals surface area (Å²) in [6.45, 7) is 4.04. The highest BCUT2D eigenvalue weighted by Crippen LogP contribution is 2.25. The SMILES string of the molecule is Cc1ccc2c(c1)nnn2C1CCN(CC(=O)Nc2ccc(F)cc2)CC1. The van der Waals surface area contributed by atoms with Gasteiger partial charge in [-0.1, -0.05) is 11.3 Å². The lowest BCUT2D eigenvalue weighted by atomic mass is 10.0. The van der Waals surface area contributed by atoms with Gasteiger partial charge in [0.2, 0.25) is 5.91 Å². The molecule has 0 bridgehead atoms. The van der Waals surface area contributed by atoms with E-state index in [-0.39, 0.29) is 11.7 Å². The van der Waals surface area contributed by atoms with Crippen molar-refractivity contribution in [3.05, 3.63) is 53.8 Å². The lowest BCUT2D eigenvalue weighted by Gasteiger charge is -2.31. The van der Waals surface area contributed by atoms with Crippen LogP contribution in [0.2, 0.25) is 0 Å². The number of aryl methyl sites for hydroxylation is 1. The van der Waals surface area contributed by atoms with E-state index in [0.717, 1.165) is 37.0 Å². The topological polar surface area (TPSA) is 63.1 Å². The average Bonchev–Trinajstić information content (AvgIpc) is 3.07. The molecule has 27 heavy (non-hydrogen) atoms. The van der Waals surface area contributed by atoms with Crippen molar-refractivity contribution in [2.45, 2.75) is 25.8 Å². The Bertz CT molecular complexity index is 945. The van der Waals surface area contributed by atoms with Crippen molar-refractivity contribution in [1.29, 1.82) is 0 Å². The number of hydrogen-bond donors (Lipinski definition) is 1. The molecule has 2 aromatic carbocycles. The molecule has 1 aliphatic rings. The van der Waals surface area contributed by atoms with Crippen molar-refractivity contribution in [3.8, 4) is 0 Å². The molecule has 0 aliphatic carbocycles. The molecule has 1 N–H and O–H groups in total. The van der Waals surface area contributed by atoms with E-state index in [1.54, 1.807) is 12.1 Å². The Balaban J connectivity index is 1.33. The van der Waals surface area contributed by atoms with Crippen LogP contribution in [0.1, 0.15) is 24.4 Å². The number of amides is 1. The summed E-state index contributed by atoms with van der Waals surface area (Å²) in [6.07, 6.45) is 1.85. The summed E-state index contributed by atoms with van der Waals surface area (Å²) in [4.78, 5) is 14.3. The maximum absolute atomic E-state index is 12.9. The second-order valence-corrected chi connectivity index (χ2v) is 7.09. The first kappa shape index (κ1) is 17.6. The molecule has 2 heterocycles. The number of nitrogens with zero attached hydrogens (tertiary/aromatic N) is 4. The van der Waals surface area contributed by atoms with Crippen LogP contribution >= 0.6 is 0 Å². The van der Waals surface area contributed by atoms with Gasteiger partial charge in [-0.2, -0.15) is 0 Å². The maximum atomic E-state index is 12.9. The molecule has 1 fully saturated rings. The lowest BCUT2D eigenvalue weighted by Crippen LogP contribution is -2.39. The third-order valence-corrected chi connectivity index (χ3v) is 5.02. The summed E-state index contributed by atoms with van der Waals surface area (Å²) >= 11 is 0. The van der Waals surface area contributed by atoms with Gasteiger partial charge in [-0.3, -0.25) is 9.69 Å². The highest BCUT2D eigenvalue weighted by atomic mass is 19.1. The van der Waals surface area contributed by atoms with Gasteiger partial charge in [0, 0.05) is 18.8 Å². The number of carbonyl (C=O) groups is 1. The number of hydrogen-bond acceptors (Lipinski definition) is 4. The van der Waals surface area contributed by atoms with Crippen LogP contribution < -0.4 is 5.32 Å². The van der Waals surface area contributed by atoms with Crippen molar-refractivity contribution in [2.24, 2.45) is 0 Å². The van der Waals surface area contributed by atoms with Crippen molar-refractivity contribution in [2.75, 3.05) is 25.0 Å². The van der Waals surface area contributed by atoms with E-state index < -0.39 is 0 Å². The van der Waals surface area contributed by atoms with Crippen LogP contribution in [0.3, 0.4) is 0 Å². The predicted octanol–water partition coefficient (Wildman–Crippen LogP) is 3.15. The van der Waals surface area contributed by atoms with Crippen molar-refractivity contribution < 1.29 is 9.18 Å². The summed E-state index contributed by atoms with van der Waals surface area (Å²) in [5, 5.41) is 11.4. The number of nitrogens with one attached hydrogen (secondary N) is 1. The van der Waals surface area contributed by atoms with Crippen LogP contribution in [0.25, 0.3) is 11.0 Å². The van der Waals surface area contributed by atoms with Crippen LogP contribution in [0.4, 0.5) is 10.1 Å². The minimum atomic E-state index is -0.314. The third kappa shape index (κ3) is 3.98. The molecule has 1 aromatic heterocycles. The first-order valence-electron chi connectivity index (χ1n) is 9.18. The normalized spacial score (nSPS) is 15.9. The zero-order valence-corrected chi connectivity index (χ0v) is 15.2. The Morgan fingerprint density at radius 1 is 1.19 bits per heavy atom. The van der Waals surface area contributed by atoms with Crippen LogP contribution in [-0.2, 0) is 4.79 Å². The van der Waals surface area contributed by atoms with Crippen molar-refractivity contribution in [1.82, 2.24) is 19.9 Å². The summed E-state index contributed by atoms with van der Waals surface area (Å²) in [5.41, 5.74) is 3.78. The molecule has 0 saturated carbocycles. The first-order chi connectivity index (χ1) is 13.1. The number of benzene rings is 2. The van der Waals surface area contributed by atoms with Crippen LogP contribution in [-0.4, -0.2) is 45.4 Å². The van der Waals surface area contributed by atoms with Crippen molar-refractivity contribution >= 4 is 22.6 Å². The molecule has 3 aromatic rings. The fourth-order valence-electron chi connectivity index (χ4n) is 3.58. The minimum absolute atomic E-state index is 0.0817. The maximum Gasteiger partial charge on any atom is 0.238 e. The smallest absolute Gasteiger partial charge is 0.238 e. The van der Waals surface area contributed by atoms with E-state index >= 15 is 0 Å². The van der Waals surface area contributed by atoms with Gasteiger partial charge in [-0.05, 0) is 61.7 Å². The van der Waals surface area contributed by atoms with E-state index in [0.29, 0.717) is 18.3 Å². The van der Waals surface area contributed by atoms with Gasteiger partial charge in [0.15, 0.2) is 0 Å². The zero-order chi connectivity index (χ0) is 18.8. The Morgan fingerprint density at radius 3 is 2.67 bits per heavy atom. The average molecular weight is 367 g/mol. The van der Waals surface area contributed by atoms with E-state index in [1.807, 2.05) is 17.7 Å². The summed E-state index contributed by atoms with van der Waals surface area (Å²) in [5.74, 6) is -0.396. The molecular weight excluding hydrogens is 345 g/mol. The molecule has 0 atom stereocenters. The Kier molecular flexibility index (Phi) is 4.85. The number of fused-ring (bicyclic) bond motifs is 1. The third-order valence-electron chi connectivity index (χ3n) is 5.02. The minimum Gasteiger partial charge on any atom is -0.325 e. The number of rotatable bonds is 4. The predicted molar refractivity (Wildman–Crippen MR) is 102 cm³/mol. The molecule has 0 unspecified atom stereocenters. The molecule has 7 heteroatoms. The molecule has 0 spiro atoms. The largest absolute Gasteiger partial charge is 0.325 e. The monoisotopic (exact) mass is 367 g/mol. The number of carbonyl (C=O) groups excluding carboxylic acids is 1. The van der Waals surface area contributed by atoms with E-state index in [9.17, 15) is 9.18 Å². The molecule has 4 rings (SSSR count). The molecule has 1 amide bonds. The fourth-order valence-corrected chi connectivity index (χ4v) is 3.58. The number of anilines is 1. The van der Waals surface area contributed by atoms with Gasteiger partial charge in [0.25, 0.3) is 0 Å². The second-order valence-electron chi connectivity index (χ2n) is 7.09. The standard InChI is InChI=1S/C20H22FN5O/c1-14-2-7-19-18(12-14)23-24-26(19)17-8-10-25(11-9-17)13-20(27)22-16-5-3-15(21)4-6-16/h2-7,12,17H,8-11,13H2,1H3,(H,22,27). The first-order valence-corrected chi connectivity index (χ1v) is 9.18. The number of piperidine rings is 1. The molecule has 1 aliphatic heterocycles. The Morgan fingerprint density at radius 2 is 1.93 bits per heavy atom. The van der Waals surface area contributed by atoms with Gasteiger partial charge in [0.1, 0.15) is 11.3 Å². The zero-order valence-electron chi connectivity index (χ0n) is 15.2. The molecule has 0 radical (unpaired) electrons. The highest BCUT2D eigenvalue weighted by molar-refractivity contribution is 5.92. The molecule has 1 saturated heterocycles. The van der Waals surface area contributed by atoms with Gasteiger partial charge < -0.3 is 5.32 Å². The van der Waals surface area contributed by atoms with E-state index in [1.165, 1.54) is 17.7 Å². The molecule has 6 nitrogen and oxygen atoms in total. The van der Waals surface area contributed by atoms with Crippen LogP contribution in [0.15, 0.2) is 42.5 Å². The highest BCUT2D eigenvalue weighted by Gasteiger charge is 2.24. The van der Waals surface area contributed by atoms with Crippen molar-refractivity contribution in [3.63, 3.8) is 0 Å². The summed E-state index contributed by atoms with van der Waals surface area (Å²) < 4.78 is 15.0. The lowest BCUT2D eigenvalue weighted by molar-refractivity contribution is -0.117. The molecular formula is C20H22FN5O. The van der Waals surface area contributed by atoms with Gasteiger partial charge >= 0.3 is 0 Å². The summed E-state index contributed by atoms with van der Waals surface area (Å²) in [6, 6.07) is 12.3. The van der Waals surface area contributed by atoms with Gasteiger partial charge in [0.05, 0.1) is 18.1 Å². The summed E-state index contributed by atoms with van der Waals surface area (Å²) in [7, 11) is 0. The van der Waals surface area contributed by atoms with Crippen LogP contribution in [0.5, 0.6) is 0 Å². The number of likely N-dealkylation sites (tertiary alicyclic amines) is 1. The van der Waals surface area contributed by atoms with E-state index in [4.69, 9.17) is 0 Å². The van der Waals surface area contributed by atoms with Gasteiger partial charge in [-0.15, -0.1) is 5.10 Å². The number of aromatic nitrogens is 3.